The standard InChI is InChI=1S/C21H20FN3O4/c22-16-2-4-17(5-3-16)29-19-6-1-14(11-23-19)12-24-20(26)18-13-28-21(25-18)15-7-9-27-10-8-15/h1-6,11,13,15H,7-10,12H2,(H,24,26). The molecule has 1 aliphatic rings. The number of nitrogens with one attached hydrogen (secondary N) is 1. The zero-order chi connectivity index (χ0) is 20.1. The lowest BCUT2D eigenvalue weighted by atomic mass is 10.0. The SMILES string of the molecule is O=C(NCc1ccc(Oc2ccc(F)cc2)nc1)c1coc(C2CCOCC2)n1. The molecule has 29 heavy (non-hydrogen) atoms. The van der Waals surface area contributed by atoms with Gasteiger partial charge in [0.05, 0.1) is 0 Å². The Labute approximate surface area is 166 Å². The van der Waals surface area contributed by atoms with Crippen LogP contribution in [0.5, 0.6) is 11.6 Å². The van der Waals surface area contributed by atoms with E-state index in [4.69, 9.17) is 13.9 Å². The Bertz CT molecular complexity index is 951. The molecule has 1 aliphatic heterocycles. The highest BCUT2D eigenvalue weighted by molar-refractivity contribution is 5.91. The van der Waals surface area contributed by atoms with Crippen LogP contribution in [0, 0.1) is 5.82 Å². The molecular weight excluding hydrogens is 377 g/mol. The summed E-state index contributed by atoms with van der Waals surface area (Å²) in [4.78, 5) is 20.8. The van der Waals surface area contributed by atoms with Gasteiger partial charge in [-0.25, -0.2) is 14.4 Å². The van der Waals surface area contributed by atoms with Gasteiger partial charge < -0.3 is 19.2 Å². The number of carbonyl (C=O) groups is 1. The number of amides is 1. The Morgan fingerprint density at radius 2 is 1.97 bits per heavy atom. The monoisotopic (exact) mass is 397 g/mol. The molecule has 1 amide bonds. The molecule has 0 spiro atoms. The predicted molar refractivity (Wildman–Crippen MR) is 101 cm³/mol. The van der Waals surface area contributed by atoms with Crippen LogP contribution in [-0.2, 0) is 11.3 Å². The van der Waals surface area contributed by atoms with E-state index in [1.165, 1.54) is 30.5 Å². The number of pyridine rings is 1. The van der Waals surface area contributed by atoms with E-state index in [0.29, 0.717) is 37.3 Å². The minimum Gasteiger partial charge on any atom is -0.448 e. The fraction of sp³-hybridized carbons (Fsp3) is 0.286. The molecule has 2 aromatic heterocycles. The van der Waals surface area contributed by atoms with Gasteiger partial charge in [-0.3, -0.25) is 4.79 Å². The summed E-state index contributed by atoms with van der Waals surface area (Å²) in [6, 6.07) is 9.16. The lowest BCUT2D eigenvalue weighted by molar-refractivity contribution is 0.0794. The van der Waals surface area contributed by atoms with Crippen molar-refractivity contribution in [3.05, 3.63) is 71.8 Å². The summed E-state index contributed by atoms with van der Waals surface area (Å²) < 4.78 is 29.3. The minimum absolute atomic E-state index is 0.197. The number of oxazole rings is 1. The molecule has 1 aromatic carbocycles. The maximum atomic E-state index is 12.9. The van der Waals surface area contributed by atoms with Crippen molar-refractivity contribution in [2.75, 3.05) is 13.2 Å². The third kappa shape index (κ3) is 4.97. The molecule has 0 saturated carbocycles. The predicted octanol–water partition coefficient (Wildman–Crippen LogP) is 3.83. The molecule has 0 bridgehead atoms. The Morgan fingerprint density at radius 3 is 2.69 bits per heavy atom. The van der Waals surface area contributed by atoms with Gasteiger partial charge in [-0.05, 0) is 42.7 Å². The molecule has 3 aromatic rings. The second kappa shape index (κ2) is 8.83. The summed E-state index contributed by atoms with van der Waals surface area (Å²) in [5.74, 6) is 1.02. The van der Waals surface area contributed by atoms with Gasteiger partial charge in [-0.15, -0.1) is 0 Å². The van der Waals surface area contributed by atoms with Crippen molar-refractivity contribution in [2.45, 2.75) is 25.3 Å². The van der Waals surface area contributed by atoms with Crippen LogP contribution in [0.15, 0.2) is 53.3 Å². The van der Waals surface area contributed by atoms with Crippen molar-refractivity contribution < 1.29 is 23.1 Å². The smallest absolute Gasteiger partial charge is 0.273 e. The Morgan fingerprint density at radius 1 is 1.17 bits per heavy atom. The highest BCUT2D eigenvalue weighted by Gasteiger charge is 2.22. The molecule has 7 nitrogen and oxygen atoms in total. The molecule has 0 atom stereocenters. The summed E-state index contributed by atoms with van der Waals surface area (Å²) >= 11 is 0. The first kappa shape index (κ1) is 19.1. The molecule has 8 heteroatoms. The third-order valence-corrected chi connectivity index (χ3v) is 4.61. The summed E-state index contributed by atoms with van der Waals surface area (Å²) in [6.07, 6.45) is 4.69. The highest BCUT2D eigenvalue weighted by atomic mass is 19.1. The minimum atomic E-state index is -0.330. The molecule has 1 N–H and O–H groups in total. The molecule has 3 heterocycles. The van der Waals surface area contributed by atoms with Crippen molar-refractivity contribution in [1.82, 2.24) is 15.3 Å². The first-order chi connectivity index (χ1) is 14.2. The van der Waals surface area contributed by atoms with Crippen molar-refractivity contribution >= 4 is 5.91 Å². The Kier molecular flexibility index (Phi) is 5.81. The molecular formula is C21H20FN3O4. The zero-order valence-corrected chi connectivity index (χ0v) is 15.6. The van der Waals surface area contributed by atoms with E-state index in [-0.39, 0.29) is 23.3 Å². The van der Waals surface area contributed by atoms with Crippen molar-refractivity contribution in [2.24, 2.45) is 0 Å². The summed E-state index contributed by atoms with van der Waals surface area (Å²) in [5, 5.41) is 2.80. The van der Waals surface area contributed by atoms with Crippen LogP contribution in [-0.4, -0.2) is 29.1 Å². The number of halogens is 1. The number of hydrogen-bond acceptors (Lipinski definition) is 6. The van der Waals surface area contributed by atoms with Crippen LogP contribution in [0.2, 0.25) is 0 Å². The maximum absolute atomic E-state index is 12.9. The van der Waals surface area contributed by atoms with Gasteiger partial charge in [-0.1, -0.05) is 6.07 Å². The fourth-order valence-corrected chi connectivity index (χ4v) is 3.00. The number of aromatic nitrogens is 2. The van der Waals surface area contributed by atoms with Gasteiger partial charge in [0.25, 0.3) is 5.91 Å². The molecule has 4 rings (SSSR count). The highest BCUT2D eigenvalue weighted by Crippen LogP contribution is 2.26. The van der Waals surface area contributed by atoms with Crippen molar-refractivity contribution in [3.63, 3.8) is 0 Å². The van der Waals surface area contributed by atoms with Gasteiger partial charge in [0, 0.05) is 37.9 Å². The van der Waals surface area contributed by atoms with Gasteiger partial charge in [0.15, 0.2) is 11.6 Å². The van der Waals surface area contributed by atoms with E-state index < -0.39 is 0 Å². The molecule has 150 valence electrons. The zero-order valence-electron chi connectivity index (χ0n) is 15.6. The number of benzene rings is 1. The summed E-state index contributed by atoms with van der Waals surface area (Å²) in [5.41, 5.74) is 1.06. The van der Waals surface area contributed by atoms with Gasteiger partial charge in [0.2, 0.25) is 5.88 Å². The number of rotatable bonds is 6. The van der Waals surface area contributed by atoms with E-state index in [0.717, 1.165) is 18.4 Å². The van der Waals surface area contributed by atoms with Crippen molar-refractivity contribution in [3.8, 4) is 11.6 Å². The van der Waals surface area contributed by atoms with Crippen LogP contribution >= 0.6 is 0 Å². The topological polar surface area (TPSA) is 86.5 Å². The van der Waals surface area contributed by atoms with Crippen LogP contribution in [0.3, 0.4) is 0 Å². The van der Waals surface area contributed by atoms with E-state index in [1.54, 1.807) is 18.3 Å². The Hall–Kier alpha value is -3.26. The number of carbonyl (C=O) groups excluding carboxylic acids is 1. The first-order valence-corrected chi connectivity index (χ1v) is 9.37. The molecule has 1 fully saturated rings. The van der Waals surface area contributed by atoms with Gasteiger partial charge in [-0.2, -0.15) is 0 Å². The number of ether oxygens (including phenoxy) is 2. The second-order valence-electron chi connectivity index (χ2n) is 6.70. The van der Waals surface area contributed by atoms with Crippen LogP contribution < -0.4 is 10.1 Å². The summed E-state index contributed by atoms with van der Waals surface area (Å²) in [6.45, 7) is 1.66. The third-order valence-electron chi connectivity index (χ3n) is 4.61. The van der Waals surface area contributed by atoms with E-state index in [2.05, 4.69) is 15.3 Å². The second-order valence-corrected chi connectivity index (χ2v) is 6.70. The average Bonchev–Trinajstić information content (AvgIpc) is 3.26. The van der Waals surface area contributed by atoms with Crippen LogP contribution in [0.4, 0.5) is 4.39 Å². The fourth-order valence-electron chi connectivity index (χ4n) is 3.00. The normalized spacial score (nSPS) is 14.5. The summed E-state index contributed by atoms with van der Waals surface area (Å²) in [7, 11) is 0. The average molecular weight is 397 g/mol. The van der Waals surface area contributed by atoms with E-state index in [1.807, 2.05) is 0 Å². The first-order valence-electron chi connectivity index (χ1n) is 9.37. The van der Waals surface area contributed by atoms with Crippen LogP contribution in [0.1, 0.15) is 40.7 Å². The molecule has 0 radical (unpaired) electrons. The van der Waals surface area contributed by atoms with Gasteiger partial charge >= 0.3 is 0 Å². The largest absolute Gasteiger partial charge is 0.448 e. The lowest BCUT2D eigenvalue weighted by Crippen LogP contribution is -2.23. The Balaban J connectivity index is 1.30. The molecule has 1 saturated heterocycles. The molecule has 0 aliphatic carbocycles. The lowest BCUT2D eigenvalue weighted by Gasteiger charge is -2.18. The van der Waals surface area contributed by atoms with Crippen molar-refractivity contribution in [1.29, 1.82) is 0 Å². The van der Waals surface area contributed by atoms with Gasteiger partial charge in [0.1, 0.15) is 17.8 Å². The van der Waals surface area contributed by atoms with Crippen LogP contribution in [0.25, 0.3) is 0 Å². The molecule has 0 unspecified atom stereocenters. The number of nitrogens with zero attached hydrogens (tertiary/aromatic N) is 2. The quantitative estimate of drug-likeness (QED) is 0.680. The van der Waals surface area contributed by atoms with E-state index >= 15 is 0 Å². The number of hydrogen-bond donors (Lipinski definition) is 1. The van der Waals surface area contributed by atoms with E-state index in [9.17, 15) is 9.18 Å². The maximum Gasteiger partial charge on any atom is 0.273 e.